The van der Waals surface area contributed by atoms with Crippen molar-refractivity contribution in [2.75, 3.05) is 20.2 Å². The molecule has 0 heterocycles. The van der Waals surface area contributed by atoms with E-state index in [9.17, 15) is 0 Å². The number of hydrogen-bond donors (Lipinski definition) is 1. The van der Waals surface area contributed by atoms with Gasteiger partial charge in [0.05, 0.1) is 12.7 Å². The summed E-state index contributed by atoms with van der Waals surface area (Å²) >= 11 is 5.99. The van der Waals surface area contributed by atoms with Gasteiger partial charge in [0.15, 0.2) is 0 Å². The van der Waals surface area contributed by atoms with Crippen LogP contribution in [0.15, 0.2) is 24.3 Å². The molecule has 0 bridgehead atoms. The van der Waals surface area contributed by atoms with Gasteiger partial charge < -0.3 is 10.1 Å². The van der Waals surface area contributed by atoms with Gasteiger partial charge in [0.25, 0.3) is 0 Å². The van der Waals surface area contributed by atoms with E-state index in [1.165, 1.54) is 12.8 Å². The van der Waals surface area contributed by atoms with Crippen LogP contribution < -0.4 is 5.32 Å². The molecule has 1 aromatic rings. The minimum absolute atomic E-state index is 0.115. The van der Waals surface area contributed by atoms with Gasteiger partial charge in [-0.05, 0) is 43.5 Å². The molecular weight excluding hydrogens is 222 g/mol. The SMILES string of the molecule is CNCC(OCC1CC1)c1cccc(Cl)c1. The molecule has 1 fully saturated rings. The zero-order valence-electron chi connectivity index (χ0n) is 9.58. The second kappa shape index (κ2) is 5.67. The quantitative estimate of drug-likeness (QED) is 0.824. The predicted molar refractivity (Wildman–Crippen MR) is 66.8 cm³/mol. The predicted octanol–water partition coefficient (Wildman–Crippen LogP) is 3.03. The van der Waals surface area contributed by atoms with Crippen molar-refractivity contribution in [2.24, 2.45) is 5.92 Å². The van der Waals surface area contributed by atoms with Gasteiger partial charge in [-0.2, -0.15) is 0 Å². The summed E-state index contributed by atoms with van der Waals surface area (Å²) in [6.07, 6.45) is 2.76. The van der Waals surface area contributed by atoms with Crippen LogP contribution in [0.25, 0.3) is 0 Å². The first-order chi connectivity index (χ1) is 7.79. The smallest absolute Gasteiger partial charge is 0.0949 e. The summed E-state index contributed by atoms with van der Waals surface area (Å²) in [4.78, 5) is 0. The molecule has 0 spiro atoms. The van der Waals surface area contributed by atoms with E-state index in [0.717, 1.165) is 29.7 Å². The Labute approximate surface area is 102 Å². The van der Waals surface area contributed by atoms with Crippen molar-refractivity contribution in [1.82, 2.24) is 5.32 Å². The molecule has 1 unspecified atom stereocenters. The van der Waals surface area contributed by atoms with Crippen molar-refractivity contribution in [3.8, 4) is 0 Å². The van der Waals surface area contributed by atoms with Crippen molar-refractivity contribution >= 4 is 11.6 Å². The minimum atomic E-state index is 0.115. The molecule has 1 atom stereocenters. The molecule has 0 saturated heterocycles. The van der Waals surface area contributed by atoms with Crippen molar-refractivity contribution < 1.29 is 4.74 Å². The highest BCUT2D eigenvalue weighted by molar-refractivity contribution is 6.30. The number of rotatable bonds is 6. The lowest BCUT2D eigenvalue weighted by molar-refractivity contribution is 0.0465. The second-order valence-electron chi connectivity index (χ2n) is 4.38. The molecule has 0 amide bonds. The molecule has 1 aromatic carbocycles. The molecule has 2 rings (SSSR count). The van der Waals surface area contributed by atoms with E-state index in [4.69, 9.17) is 16.3 Å². The molecule has 16 heavy (non-hydrogen) atoms. The molecule has 0 radical (unpaired) electrons. The van der Waals surface area contributed by atoms with Crippen molar-refractivity contribution in [3.63, 3.8) is 0 Å². The normalized spacial score (nSPS) is 17.4. The van der Waals surface area contributed by atoms with Gasteiger partial charge >= 0.3 is 0 Å². The molecule has 1 aliphatic rings. The van der Waals surface area contributed by atoms with E-state index >= 15 is 0 Å². The molecule has 0 aromatic heterocycles. The number of hydrogen-bond acceptors (Lipinski definition) is 2. The first-order valence-corrected chi connectivity index (χ1v) is 6.19. The van der Waals surface area contributed by atoms with Crippen molar-refractivity contribution in [3.05, 3.63) is 34.9 Å². The average molecular weight is 240 g/mol. The number of halogens is 1. The first kappa shape index (κ1) is 11.9. The Morgan fingerprint density at radius 2 is 2.31 bits per heavy atom. The van der Waals surface area contributed by atoms with Crippen molar-refractivity contribution in [1.29, 1.82) is 0 Å². The fraction of sp³-hybridized carbons (Fsp3) is 0.538. The van der Waals surface area contributed by atoms with E-state index in [-0.39, 0.29) is 6.10 Å². The highest BCUT2D eigenvalue weighted by Gasteiger charge is 2.23. The largest absolute Gasteiger partial charge is 0.372 e. The van der Waals surface area contributed by atoms with Crippen LogP contribution in [0.5, 0.6) is 0 Å². The van der Waals surface area contributed by atoms with Crippen LogP contribution in [0.1, 0.15) is 24.5 Å². The monoisotopic (exact) mass is 239 g/mol. The Balaban J connectivity index is 1.98. The Kier molecular flexibility index (Phi) is 4.22. The molecule has 0 aliphatic heterocycles. The van der Waals surface area contributed by atoms with Crippen LogP contribution in [0, 0.1) is 5.92 Å². The highest BCUT2D eigenvalue weighted by Crippen LogP contribution is 2.31. The van der Waals surface area contributed by atoms with Crippen LogP contribution in [-0.2, 0) is 4.74 Å². The summed E-state index contributed by atoms with van der Waals surface area (Å²) in [6, 6.07) is 7.92. The molecule has 88 valence electrons. The van der Waals surface area contributed by atoms with Gasteiger partial charge in [-0.1, -0.05) is 23.7 Å². The maximum Gasteiger partial charge on any atom is 0.0949 e. The third-order valence-corrected chi connectivity index (χ3v) is 3.08. The summed E-state index contributed by atoms with van der Waals surface area (Å²) < 4.78 is 5.93. The summed E-state index contributed by atoms with van der Waals surface area (Å²) in [7, 11) is 1.94. The van der Waals surface area contributed by atoms with Gasteiger partial charge in [0.1, 0.15) is 0 Å². The Bertz CT molecular complexity index is 338. The molecule has 1 aliphatic carbocycles. The molecule has 1 N–H and O–H groups in total. The third kappa shape index (κ3) is 3.48. The molecule has 3 heteroatoms. The highest BCUT2D eigenvalue weighted by atomic mass is 35.5. The van der Waals surface area contributed by atoms with Gasteiger partial charge in [0, 0.05) is 11.6 Å². The minimum Gasteiger partial charge on any atom is -0.372 e. The van der Waals surface area contributed by atoms with Crippen LogP contribution in [0.2, 0.25) is 5.02 Å². The topological polar surface area (TPSA) is 21.3 Å². The Morgan fingerprint density at radius 3 is 2.94 bits per heavy atom. The first-order valence-electron chi connectivity index (χ1n) is 5.81. The lowest BCUT2D eigenvalue weighted by Crippen LogP contribution is -2.20. The lowest BCUT2D eigenvalue weighted by Gasteiger charge is -2.18. The van der Waals surface area contributed by atoms with Crippen LogP contribution in [-0.4, -0.2) is 20.2 Å². The summed E-state index contributed by atoms with van der Waals surface area (Å²) in [5.74, 6) is 0.790. The third-order valence-electron chi connectivity index (χ3n) is 2.84. The number of ether oxygens (including phenoxy) is 1. The lowest BCUT2D eigenvalue weighted by atomic mass is 10.1. The maximum absolute atomic E-state index is 5.99. The van der Waals surface area contributed by atoms with Gasteiger partial charge in [-0.25, -0.2) is 0 Å². The molecular formula is C13H18ClNO. The summed E-state index contributed by atoms with van der Waals surface area (Å²) in [5, 5.41) is 3.93. The van der Waals surface area contributed by atoms with E-state index in [2.05, 4.69) is 11.4 Å². The van der Waals surface area contributed by atoms with E-state index in [0.29, 0.717) is 0 Å². The number of likely N-dealkylation sites (N-methyl/N-ethyl adjacent to an activating group) is 1. The van der Waals surface area contributed by atoms with Crippen molar-refractivity contribution in [2.45, 2.75) is 18.9 Å². The molecule has 2 nitrogen and oxygen atoms in total. The number of nitrogens with one attached hydrogen (secondary N) is 1. The van der Waals surface area contributed by atoms with Gasteiger partial charge in [-0.15, -0.1) is 0 Å². The fourth-order valence-electron chi connectivity index (χ4n) is 1.70. The number of benzene rings is 1. The van der Waals surface area contributed by atoms with E-state index in [1.807, 2.05) is 25.2 Å². The standard InChI is InChI=1S/C13H18ClNO/c1-15-8-13(16-9-10-5-6-10)11-3-2-4-12(14)7-11/h2-4,7,10,13,15H,5-6,8-9H2,1H3. The zero-order valence-corrected chi connectivity index (χ0v) is 10.3. The zero-order chi connectivity index (χ0) is 11.4. The Morgan fingerprint density at radius 1 is 1.50 bits per heavy atom. The van der Waals surface area contributed by atoms with Crippen LogP contribution in [0.3, 0.4) is 0 Å². The Hall–Kier alpha value is -0.570. The van der Waals surface area contributed by atoms with E-state index < -0.39 is 0 Å². The van der Waals surface area contributed by atoms with Gasteiger partial charge in [0.2, 0.25) is 0 Å². The summed E-state index contributed by atoms with van der Waals surface area (Å²) in [6.45, 7) is 1.70. The summed E-state index contributed by atoms with van der Waals surface area (Å²) in [5.41, 5.74) is 1.16. The van der Waals surface area contributed by atoms with Crippen LogP contribution >= 0.6 is 11.6 Å². The maximum atomic E-state index is 5.99. The second-order valence-corrected chi connectivity index (χ2v) is 4.81. The average Bonchev–Trinajstić information content (AvgIpc) is 3.08. The molecule has 1 saturated carbocycles. The van der Waals surface area contributed by atoms with Crippen LogP contribution in [0.4, 0.5) is 0 Å². The fourth-order valence-corrected chi connectivity index (χ4v) is 1.90. The van der Waals surface area contributed by atoms with Gasteiger partial charge in [-0.3, -0.25) is 0 Å². The van der Waals surface area contributed by atoms with E-state index in [1.54, 1.807) is 0 Å².